The zero-order chi connectivity index (χ0) is 26.7. The smallest absolute Gasteiger partial charge is 0.195 e. The number of hydrogen-bond donors (Lipinski definition) is 0. The van der Waals surface area contributed by atoms with E-state index in [0.717, 1.165) is 43.9 Å². The number of hydrogen-bond acceptors (Lipinski definition) is 0. The van der Waals surface area contributed by atoms with Gasteiger partial charge in [-0.25, -0.2) is 30.7 Å². The van der Waals surface area contributed by atoms with Gasteiger partial charge in [-0.05, 0) is 71.8 Å². The lowest BCUT2D eigenvalue weighted by Crippen LogP contribution is -1.96. The molecule has 0 aliphatic carbocycles. The molecule has 0 nitrogen and oxygen atoms in total. The highest BCUT2D eigenvalue weighted by atomic mass is 19.2. The fraction of sp³-hybridized carbons (Fsp3) is 0.200. The average molecular weight is 514 g/mol. The maximum Gasteiger partial charge on any atom is 0.195 e. The summed E-state index contributed by atoms with van der Waals surface area (Å²) in [6.07, 6.45) is 4.42. The highest BCUT2D eigenvalue weighted by Crippen LogP contribution is 2.30. The number of halogens is 7. The van der Waals surface area contributed by atoms with Crippen LogP contribution >= 0.6 is 0 Å². The van der Waals surface area contributed by atoms with E-state index in [-0.39, 0.29) is 27.6 Å². The molecule has 0 fully saturated rings. The quantitative estimate of drug-likeness (QED) is 0.104. The van der Waals surface area contributed by atoms with Gasteiger partial charge in [0.2, 0.25) is 0 Å². The highest BCUT2D eigenvalue weighted by molar-refractivity contribution is 5.85. The summed E-state index contributed by atoms with van der Waals surface area (Å²) in [5.74, 6) is -3.60. The fourth-order valence-corrected chi connectivity index (χ4v) is 4.17. The van der Waals surface area contributed by atoms with Crippen molar-refractivity contribution < 1.29 is 30.7 Å². The monoisotopic (exact) mass is 514 g/mol. The zero-order valence-electron chi connectivity index (χ0n) is 19.8. The summed E-state index contributed by atoms with van der Waals surface area (Å²) in [4.78, 5) is 0. The molecule has 0 amide bonds. The van der Waals surface area contributed by atoms with E-state index in [1.54, 1.807) is 0 Å². The summed E-state index contributed by atoms with van der Waals surface area (Å²) in [6, 6.07) is 8.57. The van der Waals surface area contributed by atoms with Gasteiger partial charge in [-0.15, -0.1) is 0 Å². The zero-order valence-corrected chi connectivity index (χ0v) is 19.8. The minimum absolute atomic E-state index is 0.0136. The Labute approximate surface area is 209 Å². The van der Waals surface area contributed by atoms with E-state index < -0.39 is 46.1 Å². The largest absolute Gasteiger partial charge is 0.206 e. The molecule has 0 aliphatic rings. The molecule has 0 N–H and O–H groups in total. The second-order valence-corrected chi connectivity index (χ2v) is 8.73. The number of benzene rings is 4. The summed E-state index contributed by atoms with van der Waals surface area (Å²) >= 11 is 0. The summed E-state index contributed by atoms with van der Waals surface area (Å²) in [6.45, 7) is 2.07. The van der Waals surface area contributed by atoms with Crippen molar-refractivity contribution in [2.24, 2.45) is 0 Å². The Balaban J connectivity index is 1.61. The molecule has 0 saturated heterocycles. The first kappa shape index (κ1) is 26.3. The predicted octanol–water partition coefficient (Wildman–Crippen LogP) is 9.00. The van der Waals surface area contributed by atoms with Crippen molar-refractivity contribution in [3.63, 3.8) is 0 Å². The third-order valence-electron chi connectivity index (χ3n) is 6.05. The molecule has 0 aliphatic heterocycles. The summed E-state index contributed by atoms with van der Waals surface area (Å²) in [7, 11) is 0. The van der Waals surface area contributed by atoms with Crippen LogP contribution in [0, 0.1) is 52.6 Å². The van der Waals surface area contributed by atoms with E-state index in [9.17, 15) is 30.7 Å². The van der Waals surface area contributed by atoms with Gasteiger partial charge < -0.3 is 0 Å². The Morgan fingerprint density at radius 3 is 2.03 bits per heavy atom. The number of aryl methyl sites for hydroxylation is 1. The Morgan fingerprint density at radius 1 is 0.622 bits per heavy atom. The molecule has 0 saturated carbocycles. The van der Waals surface area contributed by atoms with Crippen molar-refractivity contribution in [3.05, 3.63) is 106 Å². The van der Waals surface area contributed by atoms with Crippen LogP contribution < -0.4 is 0 Å². The van der Waals surface area contributed by atoms with Crippen LogP contribution in [0.25, 0.3) is 21.9 Å². The molecule has 0 radical (unpaired) electrons. The topological polar surface area (TPSA) is 0 Å². The normalized spacial score (nSPS) is 11.0. The molecule has 4 rings (SSSR count). The standard InChI is InChI=1S/C30H21F7/c1-2-3-4-5-6-17-12-23(32)27(24(33)13-17)20-10-9-19(22(31)15-20)8-7-18-11-21-16-26(35)29(36)30(37)28(21)25(34)14-18/h9-16H,2-6H2,1H3. The fourth-order valence-electron chi connectivity index (χ4n) is 4.17. The van der Waals surface area contributed by atoms with E-state index >= 15 is 0 Å². The maximum absolute atomic E-state index is 14.7. The average Bonchev–Trinajstić information content (AvgIpc) is 2.84. The first-order chi connectivity index (χ1) is 17.7. The van der Waals surface area contributed by atoms with Gasteiger partial charge in [0.15, 0.2) is 17.5 Å². The van der Waals surface area contributed by atoms with Crippen molar-refractivity contribution >= 4 is 10.8 Å². The first-order valence-electron chi connectivity index (χ1n) is 11.8. The first-order valence-corrected chi connectivity index (χ1v) is 11.8. The minimum atomic E-state index is -1.79. The molecule has 0 atom stereocenters. The van der Waals surface area contributed by atoms with Crippen molar-refractivity contribution in [1.29, 1.82) is 0 Å². The van der Waals surface area contributed by atoms with E-state index in [2.05, 4.69) is 18.8 Å². The molecule has 0 spiro atoms. The van der Waals surface area contributed by atoms with Crippen LogP contribution in [0.1, 0.15) is 49.3 Å². The third-order valence-corrected chi connectivity index (χ3v) is 6.05. The molecule has 4 aromatic rings. The molecular weight excluding hydrogens is 493 g/mol. The van der Waals surface area contributed by atoms with Gasteiger partial charge in [0.05, 0.1) is 16.5 Å². The lowest BCUT2D eigenvalue weighted by molar-refractivity contribution is 0.451. The lowest BCUT2D eigenvalue weighted by atomic mass is 9.98. The van der Waals surface area contributed by atoms with Crippen LogP contribution in [-0.2, 0) is 6.42 Å². The van der Waals surface area contributed by atoms with Gasteiger partial charge in [0, 0.05) is 5.56 Å². The van der Waals surface area contributed by atoms with Crippen molar-refractivity contribution in [2.45, 2.75) is 39.0 Å². The molecule has 0 unspecified atom stereocenters. The predicted molar refractivity (Wildman–Crippen MR) is 129 cm³/mol. The Morgan fingerprint density at radius 2 is 1.35 bits per heavy atom. The van der Waals surface area contributed by atoms with E-state index in [4.69, 9.17) is 0 Å². The van der Waals surface area contributed by atoms with Gasteiger partial charge in [0.25, 0.3) is 0 Å². The van der Waals surface area contributed by atoms with E-state index in [1.807, 2.05) is 0 Å². The van der Waals surface area contributed by atoms with Crippen molar-refractivity contribution in [1.82, 2.24) is 0 Å². The third kappa shape index (κ3) is 5.64. The molecule has 0 aromatic heterocycles. The number of rotatable bonds is 6. The Bertz CT molecular complexity index is 1520. The van der Waals surface area contributed by atoms with Gasteiger partial charge in [-0.3, -0.25) is 0 Å². The minimum Gasteiger partial charge on any atom is -0.206 e. The second-order valence-electron chi connectivity index (χ2n) is 8.73. The molecule has 7 heteroatoms. The maximum atomic E-state index is 14.7. The summed E-state index contributed by atoms with van der Waals surface area (Å²) < 4.78 is 99.4. The van der Waals surface area contributed by atoms with Crippen molar-refractivity contribution in [2.75, 3.05) is 0 Å². The van der Waals surface area contributed by atoms with Crippen LogP contribution in [-0.4, -0.2) is 0 Å². The van der Waals surface area contributed by atoms with Gasteiger partial charge in [0.1, 0.15) is 23.3 Å². The molecule has 37 heavy (non-hydrogen) atoms. The van der Waals surface area contributed by atoms with E-state index in [1.165, 1.54) is 24.3 Å². The molecule has 0 bridgehead atoms. The van der Waals surface area contributed by atoms with Crippen molar-refractivity contribution in [3.8, 4) is 23.0 Å². The van der Waals surface area contributed by atoms with Crippen LogP contribution in [0.5, 0.6) is 0 Å². The second kappa shape index (κ2) is 11.1. The highest BCUT2D eigenvalue weighted by Gasteiger charge is 2.18. The SMILES string of the molecule is CCCCCCc1cc(F)c(-c2ccc(C#Cc3cc(F)c4c(F)c(F)c(F)cc4c3)c(F)c2)c(F)c1. The van der Waals surface area contributed by atoms with Crippen LogP contribution in [0.4, 0.5) is 30.7 Å². The molecular formula is C30H21F7. The Hall–Kier alpha value is -3.79. The van der Waals surface area contributed by atoms with Crippen LogP contribution in [0.15, 0.2) is 48.5 Å². The summed E-state index contributed by atoms with van der Waals surface area (Å²) in [5, 5.41) is -0.979. The van der Waals surface area contributed by atoms with Crippen LogP contribution in [0.2, 0.25) is 0 Å². The van der Waals surface area contributed by atoms with Gasteiger partial charge in [-0.1, -0.05) is 44.1 Å². The molecule has 0 heterocycles. The summed E-state index contributed by atoms with van der Waals surface area (Å²) in [5.41, 5.74) is -0.0218. The van der Waals surface area contributed by atoms with Crippen LogP contribution in [0.3, 0.4) is 0 Å². The number of fused-ring (bicyclic) bond motifs is 1. The molecule has 190 valence electrons. The van der Waals surface area contributed by atoms with E-state index in [0.29, 0.717) is 18.1 Å². The number of unbranched alkanes of at least 4 members (excludes halogenated alkanes) is 3. The lowest BCUT2D eigenvalue weighted by Gasteiger charge is -2.09. The van der Waals surface area contributed by atoms with Gasteiger partial charge >= 0.3 is 0 Å². The van der Waals surface area contributed by atoms with Gasteiger partial charge in [-0.2, -0.15) is 0 Å². The molecule has 4 aromatic carbocycles. The Kier molecular flexibility index (Phi) is 7.87.